The van der Waals surface area contributed by atoms with Crippen LogP contribution in [-0.4, -0.2) is 61.1 Å². The molecule has 0 heterocycles. The number of carbonyl (C=O) groups is 3. The summed E-state index contributed by atoms with van der Waals surface area (Å²) >= 11 is 0. The van der Waals surface area contributed by atoms with Crippen LogP contribution in [0.15, 0.2) is 54.6 Å². The molecule has 0 aliphatic rings. The predicted octanol–water partition coefficient (Wildman–Crippen LogP) is 4.63. The van der Waals surface area contributed by atoms with E-state index in [1.165, 1.54) is 13.8 Å². The summed E-state index contributed by atoms with van der Waals surface area (Å²) in [6.07, 6.45) is 0.109. The molecule has 0 fully saturated rings. The van der Waals surface area contributed by atoms with E-state index in [0.717, 1.165) is 29.9 Å². The van der Waals surface area contributed by atoms with Crippen molar-refractivity contribution in [3.05, 3.63) is 60.2 Å². The van der Waals surface area contributed by atoms with Gasteiger partial charge in [-0.15, -0.1) is 0 Å². The number of esters is 3. The van der Waals surface area contributed by atoms with Crippen molar-refractivity contribution in [1.29, 1.82) is 0 Å². The Kier molecular flexibility index (Phi) is 12.4. The van der Waals surface area contributed by atoms with Gasteiger partial charge in [0.05, 0.1) is 19.8 Å². The van der Waals surface area contributed by atoms with Gasteiger partial charge in [0.2, 0.25) is 6.10 Å². The number of para-hydroxylation sites is 1. The minimum Gasteiger partial charge on any atom is -0.464 e. The Hall–Kier alpha value is -3.43. The van der Waals surface area contributed by atoms with Crippen molar-refractivity contribution >= 4 is 17.9 Å². The molecule has 2 aromatic carbocycles. The number of aliphatic hydroxyl groups is 1. The van der Waals surface area contributed by atoms with Crippen LogP contribution in [0.2, 0.25) is 0 Å². The molecule has 0 aliphatic carbocycles. The van der Waals surface area contributed by atoms with E-state index in [9.17, 15) is 19.5 Å². The number of carbonyl (C=O) groups excluding carboxylic acids is 3. The summed E-state index contributed by atoms with van der Waals surface area (Å²) in [6, 6.07) is 17.4. The summed E-state index contributed by atoms with van der Waals surface area (Å²) in [5.74, 6) is -2.21. The maximum atomic E-state index is 12.7. The Morgan fingerprint density at radius 2 is 1.31 bits per heavy atom. The zero-order valence-electron chi connectivity index (χ0n) is 23.4. The molecule has 0 saturated heterocycles. The van der Waals surface area contributed by atoms with Gasteiger partial charge in [-0.25, -0.2) is 14.4 Å². The van der Waals surface area contributed by atoms with E-state index in [1.54, 1.807) is 6.92 Å². The van der Waals surface area contributed by atoms with Gasteiger partial charge >= 0.3 is 17.9 Å². The molecule has 2 rings (SSSR count). The maximum absolute atomic E-state index is 12.7. The maximum Gasteiger partial charge on any atom is 0.353 e. The SMILES string of the molecule is CCOC(=O)C(OCCC(C)(C)CCc1ccc(Oc2ccccc2)cc1)C(O)(C(=O)OCC)C(=O)OCC. The second kappa shape index (κ2) is 15.2. The average Bonchev–Trinajstić information content (AvgIpc) is 2.91. The standard InChI is InChI=1S/C30H40O9/c1-6-35-26(31)25(30(34,27(32)36-7-2)28(33)37-8-3)38-21-20-29(4,5)19-18-22-14-16-24(17-15-22)39-23-12-10-9-11-13-23/h9-17,25,34H,6-8,18-21H2,1-5H3. The number of rotatable bonds is 16. The third-order valence-electron chi connectivity index (χ3n) is 6.11. The minimum absolute atomic E-state index is 0.0263. The van der Waals surface area contributed by atoms with Crippen molar-refractivity contribution in [1.82, 2.24) is 0 Å². The van der Waals surface area contributed by atoms with Crippen molar-refractivity contribution in [2.24, 2.45) is 5.41 Å². The van der Waals surface area contributed by atoms with Crippen LogP contribution in [0.4, 0.5) is 0 Å². The van der Waals surface area contributed by atoms with Gasteiger partial charge in [0.15, 0.2) is 0 Å². The highest BCUT2D eigenvalue weighted by molar-refractivity contribution is 6.08. The van der Waals surface area contributed by atoms with Crippen LogP contribution in [0.3, 0.4) is 0 Å². The second-order valence-corrected chi connectivity index (χ2v) is 9.68. The van der Waals surface area contributed by atoms with Gasteiger partial charge in [-0.2, -0.15) is 0 Å². The minimum atomic E-state index is -2.99. The van der Waals surface area contributed by atoms with Crippen molar-refractivity contribution < 1.29 is 43.2 Å². The van der Waals surface area contributed by atoms with E-state index < -0.39 is 29.6 Å². The van der Waals surface area contributed by atoms with Gasteiger partial charge < -0.3 is 28.8 Å². The summed E-state index contributed by atoms with van der Waals surface area (Å²) in [5, 5.41) is 11.1. The Morgan fingerprint density at radius 1 is 0.769 bits per heavy atom. The first-order chi connectivity index (χ1) is 18.6. The molecule has 0 saturated carbocycles. The molecule has 1 atom stereocenters. The van der Waals surface area contributed by atoms with Crippen molar-refractivity contribution in [3.8, 4) is 11.5 Å². The first-order valence-corrected chi connectivity index (χ1v) is 13.2. The van der Waals surface area contributed by atoms with Gasteiger partial charge in [0, 0.05) is 6.61 Å². The summed E-state index contributed by atoms with van der Waals surface area (Å²) in [7, 11) is 0. The lowest BCUT2D eigenvalue weighted by Gasteiger charge is -2.31. The molecule has 0 spiro atoms. The van der Waals surface area contributed by atoms with E-state index in [0.29, 0.717) is 6.42 Å². The Morgan fingerprint density at radius 3 is 1.85 bits per heavy atom. The van der Waals surface area contributed by atoms with Crippen molar-refractivity contribution in [2.75, 3.05) is 26.4 Å². The van der Waals surface area contributed by atoms with Gasteiger partial charge in [0.25, 0.3) is 5.60 Å². The number of hydrogen-bond acceptors (Lipinski definition) is 9. The summed E-state index contributed by atoms with van der Waals surface area (Å²) in [6.45, 7) is 8.36. The Bertz CT molecular complexity index is 1030. The summed E-state index contributed by atoms with van der Waals surface area (Å²) in [4.78, 5) is 37.9. The average molecular weight is 545 g/mol. The lowest BCUT2D eigenvalue weighted by molar-refractivity contribution is -0.209. The van der Waals surface area contributed by atoms with Crippen LogP contribution in [-0.2, 0) is 39.8 Å². The fourth-order valence-corrected chi connectivity index (χ4v) is 3.77. The van der Waals surface area contributed by atoms with Crippen molar-refractivity contribution in [3.63, 3.8) is 0 Å². The van der Waals surface area contributed by atoms with Crippen LogP contribution in [0.25, 0.3) is 0 Å². The normalized spacial score (nSPS) is 12.4. The fraction of sp³-hybridized carbons (Fsp3) is 0.500. The van der Waals surface area contributed by atoms with Crippen LogP contribution >= 0.6 is 0 Å². The highest BCUT2D eigenvalue weighted by atomic mass is 16.6. The third kappa shape index (κ3) is 9.37. The molecule has 0 amide bonds. The number of ether oxygens (including phenoxy) is 5. The van der Waals surface area contributed by atoms with Crippen LogP contribution in [0, 0.1) is 5.41 Å². The van der Waals surface area contributed by atoms with Crippen LogP contribution < -0.4 is 4.74 Å². The lowest BCUT2D eigenvalue weighted by atomic mass is 9.83. The molecule has 39 heavy (non-hydrogen) atoms. The largest absolute Gasteiger partial charge is 0.464 e. The van der Waals surface area contributed by atoms with Gasteiger partial charge in [0.1, 0.15) is 11.5 Å². The zero-order chi connectivity index (χ0) is 28.9. The molecule has 0 aliphatic heterocycles. The van der Waals surface area contributed by atoms with Gasteiger partial charge in [-0.05, 0) is 75.3 Å². The molecule has 0 aromatic heterocycles. The van der Waals surface area contributed by atoms with Crippen LogP contribution in [0.1, 0.15) is 53.0 Å². The first-order valence-electron chi connectivity index (χ1n) is 13.2. The molecular formula is C30H40O9. The van der Waals surface area contributed by atoms with Crippen LogP contribution in [0.5, 0.6) is 11.5 Å². The zero-order valence-corrected chi connectivity index (χ0v) is 23.4. The molecule has 1 N–H and O–H groups in total. The summed E-state index contributed by atoms with van der Waals surface area (Å²) in [5.41, 5.74) is -2.09. The number of hydrogen-bond donors (Lipinski definition) is 1. The van der Waals surface area contributed by atoms with E-state index in [-0.39, 0.29) is 31.8 Å². The first kappa shape index (κ1) is 31.8. The fourth-order valence-electron chi connectivity index (χ4n) is 3.77. The smallest absolute Gasteiger partial charge is 0.353 e. The lowest BCUT2D eigenvalue weighted by Crippen LogP contribution is -2.61. The Labute approximate surface area is 230 Å². The third-order valence-corrected chi connectivity index (χ3v) is 6.11. The Balaban J connectivity index is 2.02. The highest BCUT2D eigenvalue weighted by Crippen LogP contribution is 2.29. The molecule has 2 aromatic rings. The van der Waals surface area contributed by atoms with Gasteiger partial charge in [-0.1, -0.05) is 44.2 Å². The van der Waals surface area contributed by atoms with E-state index in [2.05, 4.69) is 0 Å². The summed E-state index contributed by atoms with van der Waals surface area (Å²) < 4.78 is 26.3. The van der Waals surface area contributed by atoms with E-state index >= 15 is 0 Å². The second-order valence-electron chi connectivity index (χ2n) is 9.68. The quantitative estimate of drug-likeness (QED) is 0.183. The van der Waals surface area contributed by atoms with Gasteiger partial charge in [-0.3, -0.25) is 0 Å². The van der Waals surface area contributed by atoms with E-state index in [1.807, 2.05) is 68.4 Å². The predicted molar refractivity (Wildman–Crippen MR) is 144 cm³/mol. The number of benzene rings is 2. The topological polar surface area (TPSA) is 118 Å². The molecule has 1 unspecified atom stereocenters. The molecule has 0 bridgehead atoms. The molecule has 0 radical (unpaired) electrons. The number of aryl methyl sites for hydroxylation is 1. The molecule has 214 valence electrons. The molecular weight excluding hydrogens is 504 g/mol. The molecule has 9 nitrogen and oxygen atoms in total. The van der Waals surface area contributed by atoms with E-state index in [4.69, 9.17) is 23.7 Å². The molecule has 9 heteroatoms. The van der Waals surface area contributed by atoms with Crippen molar-refractivity contribution in [2.45, 2.75) is 65.6 Å². The monoisotopic (exact) mass is 544 g/mol. The highest BCUT2D eigenvalue weighted by Gasteiger charge is 2.59.